The molecule has 3 aromatic rings. The maximum absolute atomic E-state index is 13.3. The highest BCUT2D eigenvalue weighted by atomic mass is 35.5. The second-order valence-corrected chi connectivity index (χ2v) is 8.91. The number of aromatic nitrogens is 2. The van der Waals surface area contributed by atoms with E-state index in [-0.39, 0.29) is 43.2 Å². The third kappa shape index (κ3) is 4.36. The summed E-state index contributed by atoms with van der Waals surface area (Å²) in [5.41, 5.74) is 0.527. The first-order valence-electron chi connectivity index (χ1n) is 7.93. The quantitative estimate of drug-likeness (QED) is 0.554. The lowest BCUT2D eigenvalue weighted by molar-refractivity contribution is -0.144. The van der Waals surface area contributed by atoms with Crippen molar-refractivity contribution in [1.29, 1.82) is 0 Å². The highest BCUT2D eigenvalue weighted by Crippen LogP contribution is 2.41. The molecule has 0 fully saturated rings. The van der Waals surface area contributed by atoms with Gasteiger partial charge < -0.3 is 9.72 Å². The van der Waals surface area contributed by atoms with Crippen LogP contribution in [-0.2, 0) is 16.0 Å². The van der Waals surface area contributed by atoms with Gasteiger partial charge in [0.15, 0.2) is 15.6 Å². The Morgan fingerprint density at radius 3 is 2.03 bits per heavy atom. The third-order valence-corrected chi connectivity index (χ3v) is 5.71. The minimum Gasteiger partial charge on any atom is -0.494 e. The average molecular weight is 465 g/mol. The van der Waals surface area contributed by atoms with Crippen molar-refractivity contribution >= 4 is 33.0 Å². The van der Waals surface area contributed by atoms with Crippen molar-refractivity contribution in [1.82, 2.24) is 9.97 Å². The molecule has 1 aromatic heterocycles. The molecular formula is C18H13Cl2F3N2O3S. The monoisotopic (exact) mass is 464 g/mol. The van der Waals surface area contributed by atoms with Crippen LogP contribution < -0.4 is 4.74 Å². The number of benzene rings is 2. The fourth-order valence-electron chi connectivity index (χ4n) is 2.68. The molecular weight excluding hydrogens is 452 g/mol. The Morgan fingerprint density at radius 1 is 1.03 bits per heavy atom. The second kappa shape index (κ2) is 7.55. The number of imidazole rings is 1. The van der Waals surface area contributed by atoms with E-state index in [4.69, 9.17) is 27.9 Å². The highest BCUT2D eigenvalue weighted by Gasteiger charge is 2.36. The number of H-pyrrole nitrogens is 1. The minimum atomic E-state index is -4.72. The first kappa shape index (κ1) is 21.5. The van der Waals surface area contributed by atoms with Gasteiger partial charge in [0.2, 0.25) is 5.82 Å². The maximum Gasteiger partial charge on any atom is 0.449 e. The predicted molar refractivity (Wildman–Crippen MR) is 104 cm³/mol. The molecule has 0 saturated heterocycles. The van der Waals surface area contributed by atoms with Crippen LogP contribution >= 0.6 is 23.2 Å². The number of halogens is 5. The Balaban J connectivity index is 2.22. The number of hydrogen-bond donors (Lipinski definition) is 1. The molecule has 1 N–H and O–H groups in total. The van der Waals surface area contributed by atoms with E-state index < -0.39 is 21.8 Å². The van der Waals surface area contributed by atoms with Crippen molar-refractivity contribution in [3.8, 4) is 28.3 Å². The van der Waals surface area contributed by atoms with E-state index >= 15 is 0 Å². The molecule has 0 aliphatic heterocycles. The van der Waals surface area contributed by atoms with Gasteiger partial charge in [-0.25, -0.2) is 13.4 Å². The van der Waals surface area contributed by atoms with Crippen molar-refractivity contribution < 1.29 is 26.3 Å². The zero-order chi connectivity index (χ0) is 21.6. The van der Waals surface area contributed by atoms with Gasteiger partial charge in [-0.2, -0.15) is 13.2 Å². The summed E-state index contributed by atoms with van der Waals surface area (Å²) in [4.78, 5) is 5.97. The van der Waals surface area contributed by atoms with E-state index in [1.165, 1.54) is 43.5 Å². The summed E-state index contributed by atoms with van der Waals surface area (Å²) in [5, 5.41) is 0.216. The standard InChI is InChI=1S/C18H13Cl2F3N2O3S/c1-28-16-12(19)7-10(8-13(16)20)15-14(24-17(25-15)18(21,22)23)9-3-5-11(6-4-9)29(2,26)27/h3-8H,1-2H3,(H,24,25). The Bertz CT molecular complexity index is 1150. The molecule has 0 amide bonds. The van der Waals surface area contributed by atoms with Crippen molar-refractivity contribution in [2.45, 2.75) is 11.1 Å². The summed E-state index contributed by atoms with van der Waals surface area (Å²) < 4.78 is 68.1. The lowest BCUT2D eigenvalue weighted by atomic mass is 10.0. The third-order valence-electron chi connectivity index (χ3n) is 4.02. The van der Waals surface area contributed by atoms with E-state index in [9.17, 15) is 21.6 Å². The molecule has 0 radical (unpaired) electrons. The Kier molecular flexibility index (Phi) is 5.59. The first-order chi connectivity index (χ1) is 13.4. The molecule has 0 aliphatic carbocycles. The largest absolute Gasteiger partial charge is 0.494 e. The predicted octanol–water partition coefficient (Wildman–Crippen LogP) is 5.48. The number of aromatic amines is 1. The van der Waals surface area contributed by atoms with Crippen LogP contribution in [0.15, 0.2) is 41.3 Å². The lowest BCUT2D eigenvalue weighted by Crippen LogP contribution is -2.07. The molecule has 5 nitrogen and oxygen atoms in total. The number of nitrogens with one attached hydrogen (secondary N) is 1. The van der Waals surface area contributed by atoms with E-state index in [1.54, 1.807) is 0 Å². The van der Waals surface area contributed by atoms with Crippen LogP contribution in [0.2, 0.25) is 10.0 Å². The van der Waals surface area contributed by atoms with Crippen LogP contribution in [0.1, 0.15) is 5.82 Å². The summed E-state index contributed by atoms with van der Waals surface area (Å²) in [7, 11) is -2.10. The number of rotatable bonds is 4. The summed E-state index contributed by atoms with van der Waals surface area (Å²) in [6.45, 7) is 0. The zero-order valence-corrected chi connectivity index (χ0v) is 17.3. The zero-order valence-electron chi connectivity index (χ0n) is 14.9. The van der Waals surface area contributed by atoms with E-state index in [0.717, 1.165) is 6.26 Å². The molecule has 11 heteroatoms. The van der Waals surface area contributed by atoms with E-state index in [0.29, 0.717) is 0 Å². The maximum atomic E-state index is 13.3. The molecule has 0 spiro atoms. The summed E-state index contributed by atoms with van der Waals surface area (Å²) in [6, 6.07) is 8.14. The van der Waals surface area contributed by atoms with Gasteiger partial charge in [0, 0.05) is 17.4 Å². The summed E-state index contributed by atoms with van der Waals surface area (Å²) in [6.07, 6.45) is -3.69. The number of sulfone groups is 1. The first-order valence-corrected chi connectivity index (χ1v) is 10.6. The van der Waals surface area contributed by atoms with Gasteiger partial charge in [-0.15, -0.1) is 0 Å². The summed E-state index contributed by atoms with van der Waals surface area (Å²) >= 11 is 12.2. The lowest BCUT2D eigenvalue weighted by Gasteiger charge is -2.09. The summed E-state index contributed by atoms with van der Waals surface area (Å²) in [5.74, 6) is -1.02. The highest BCUT2D eigenvalue weighted by molar-refractivity contribution is 7.90. The van der Waals surface area contributed by atoms with Gasteiger partial charge in [0.25, 0.3) is 0 Å². The van der Waals surface area contributed by atoms with Crippen LogP contribution in [0.25, 0.3) is 22.5 Å². The normalized spacial score (nSPS) is 12.2. The van der Waals surface area contributed by atoms with Gasteiger partial charge in [-0.05, 0) is 24.3 Å². The molecule has 3 rings (SSSR count). The van der Waals surface area contributed by atoms with E-state index in [1.807, 2.05) is 0 Å². The van der Waals surface area contributed by atoms with Gasteiger partial charge in [-0.1, -0.05) is 35.3 Å². The SMILES string of the molecule is COc1c(Cl)cc(-c2[nH]c(C(F)(F)F)nc2-c2ccc(S(C)(=O)=O)cc2)cc1Cl. The number of methoxy groups -OCH3 is 1. The minimum absolute atomic E-state index is 0.0240. The van der Waals surface area contributed by atoms with Crippen LogP contribution in [0.3, 0.4) is 0 Å². The second-order valence-electron chi connectivity index (χ2n) is 6.08. The Hall–Kier alpha value is -2.23. The Labute approximate surface area is 174 Å². The van der Waals surface area contributed by atoms with Crippen molar-refractivity contribution in [2.24, 2.45) is 0 Å². The molecule has 154 valence electrons. The Morgan fingerprint density at radius 2 is 1.59 bits per heavy atom. The molecule has 0 atom stereocenters. The van der Waals surface area contributed by atoms with Crippen molar-refractivity contribution in [3.05, 3.63) is 52.3 Å². The van der Waals surface area contributed by atoms with Crippen molar-refractivity contribution in [2.75, 3.05) is 13.4 Å². The number of hydrogen-bond acceptors (Lipinski definition) is 4. The fraction of sp³-hybridized carbons (Fsp3) is 0.167. The van der Waals surface area contributed by atoms with Crippen LogP contribution in [0, 0.1) is 0 Å². The van der Waals surface area contributed by atoms with Gasteiger partial charge in [-0.3, -0.25) is 0 Å². The van der Waals surface area contributed by atoms with Crippen LogP contribution in [0.5, 0.6) is 5.75 Å². The number of alkyl halides is 3. The molecule has 0 bridgehead atoms. The number of nitrogens with zero attached hydrogens (tertiary/aromatic N) is 1. The molecule has 2 aromatic carbocycles. The van der Waals surface area contributed by atoms with Crippen molar-refractivity contribution in [3.63, 3.8) is 0 Å². The van der Waals surface area contributed by atoms with Gasteiger partial charge in [0.05, 0.1) is 33.4 Å². The average Bonchev–Trinajstić information content (AvgIpc) is 3.06. The van der Waals surface area contributed by atoms with Crippen LogP contribution in [-0.4, -0.2) is 31.8 Å². The molecule has 29 heavy (non-hydrogen) atoms. The molecule has 0 unspecified atom stereocenters. The van der Waals surface area contributed by atoms with Crippen LogP contribution in [0.4, 0.5) is 13.2 Å². The molecule has 0 saturated carbocycles. The smallest absolute Gasteiger partial charge is 0.449 e. The van der Waals surface area contributed by atoms with Gasteiger partial charge in [0.1, 0.15) is 0 Å². The topological polar surface area (TPSA) is 72.0 Å². The van der Waals surface area contributed by atoms with Gasteiger partial charge >= 0.3 is 6.18 Å². The van der Waals surface area contributed by atoms with E-state index in [2.05, 4.69) is 9.97 Å². The number of ether oxygens (including phenoxy) is 1. The molecule has 1 heterocycles. The molecule has 0 aliphatic rings. The fourth-order valence-corrected chi connectivity index (χ4v) is 3.96.